The maximum Gasteiger partial charge on any atom is 0.254 e. The predicted molar refractivity (Wildman–Crippen MR) is 71.2 cm³/mol. The highest BCUT2D eigenvalue weighted by atomic mass is 32.1. The molecule has 0 fully saturated rings. The molecule has 0 saturated carbocycles. The van der Waals surface area contributed by atoms with Gasteiger partial charge in [-0.05, 0) is 47.0 Å². The van der Waals surface area contributed by atoms with E-state index in [2.05, 4.69) is 5.32 Å². The number of thiophene rings is 1. The SMILES string of the molecule is Nc1ccc(F)c(C(=O)NCCc2ccsc2)c1. The molecule has 0 atom stereocenters. The Labute approximate surface area is 108 Å². The summed E-state index contributed by atoms with van der Waals surface area (Å²) in [6, 6.07) is 5.97. The van der Waals surface area contributed by atoms with Crippen LogP contribution in [0.3, 0.4) is 0 Å². The zero-order valence-corrected chi connectivity index (χ0v) is 10.5. The second kappa shape index (κ2) is 5.64. The van der Waals surface area contributed by atoms with E-state index in [1.807, 2.05) is 16.8 Å². The van der Waals surface area contributed by atoms with Crippen LogP contribution in [-0.2, 0) is 6.42 Å². The molecule has 0 saturated heterocycles. The first-order valence-corrected chi connectivity index (χ1v) is 6.45. The molecule has 0 aliphatic carbocycles. The number of rotatable bonds is 4. The van der Waals surface area contributed by atoms with Crippen LogP contribution in [0.1, 0.15) is 15.9 Å². The van der Waals surface area contributed by atoms with Gasteiger partial charge in [0.15, 0.2) is 0 Å². The third-order valence-corrected chi connectivity index (χ3v) is 3.25. The van der Waals surface area contributed by atoms with E-state index in [9.17, 15) is 9.18 Å². The minimum absolute atomic E-state index is 0.0136. The quantitative estimate of drug-likeness (QED) is 0.833. The van der Waals surface area contributed by atoms with Crippen LogP contribution in [0, 0.1) is 5.82 Å². The van der Waals surface area contributed by atoms with Crippen molar-refractivity contribution in [2.24, 2.45) is 0 Å². The largest absolute Gasteiger partial charge is 0.399 e. The zero-order valence-electron chi connectivity index (χ0n) is 9.65. The number of hydrogen-bond acceptors (Lipinski definition) is 3. The van der Waals surface area contributed by atoms with Gasteiger partial charge in [0, 0.05) is 12.2 Å². The summed E-state index contributed by atoms with van der Waals surface area (Å²) in [6.07, 6.45) is 0.735. The number of carbonyl (C=O) groups is 1. The zero-order chi connectivity index (χ0) is 13.0. The van der Waals surface area contributed by atoms with Crippen LogP contribution in [0.4, 0.5) is 10.1 Å². The Hall–Kier alpha value is -1.88. The number of carbonyl (C=O) groups excluding carboxylic acids is 1. The third-order valence-electron chi connectivity index (χ3n) is 2.51. The Bertz CT molecular complexity index is 540. The van der Waals surface area contributed by atoms with Crippen LogP contribution >= 0.6 is 11.3 Å². The highest BCUT2D eigenvalue weighted by molar-refractivity contribution is 7.07. The Morgan fingerprint density at radius 2 is 2.22 bits per heavy atom. The maximum absolute atomic E-state index is 13.4. The fraction of sp³-hybridized carbons (Fsp3) is 0.154. The minimum Gasteiger partial charge on any atom is -0.399 e. The molecule has 1 heterocycles. The Morgan fingerprint density at radius 1 is 1.39 bits per heavy atom. The topological polar surface area (TPSA) is 55.1 Å². The summed E-state index contributed by atoms with van der Waals surface area (Å²) in [5, 5.41) is 6.68. The van der Waals surface area contributed by atoms with Crippen molar-refractivity contribution in [2.75, 3.05) is 12.3 Å². The number of amides is 1. The van der Waals surface area contributed by atoms with Crippen molar-refractivity contribution in [3.63, 3.8) is 0 Å². The molecule has 0 spiro atoms. The van der Waals surface area contributed by atoms with Crippen molar-refractivity contribution < 1.29 is 9.18 Å². The number of hydrogen-bond donors (Lipinski definition) is 2. The molecule has 0 aliphatic heterocycles. The molecule has 18 heavy (non-hydrogen) atoms. The van der Waals surface area contributed by atoms with Gasteiger partial charge in [0.05, 0.1) is 5.56 Å². The van der Waals surface area contributed by atoms with Gasteiger partial charge in [-0.1, -0.05) is 0 Å². The molecule has 0 bridgehead atoms. The average molecular weight is 264 g/mol. The van der Waals surface area contributed by atoms with Gasteiger partial charge in [-0.3, -0.25) is 4.79 Å². The molecule has 2 rings (SSSR count). The van der Waals surface area contributed by atoms with Gasteiger partial charge in [-0.2, -0.15) is 11.3 Å². The van der Waals surface area contributed by atoms with Crippen molar-refractivity contribution >= 4 is 22.9 Å². The molecule has 0 unspecified atom stereocenters. The first-order chi connectivity index (χ1) is 8.66. The molecule has 3 nitrogen and oxygen atoms in total. The van der Waals surface area contributed by atoms with Gasteiger partial charge in [0.2, 0.25) is 0 Å². The smallest absolute Gasteiger partial charge is 0.254 e. The Morgan fingerprint density at radius 3 is 2.94 bits per heavy atom. The standard InChI is InChI=1S/C13H13FN2OS/c14-12-2-1-10(15)7-11(12)13(17)16-5-3-9-4-6-18-8-9/h1-2,4,6-8H,3,5,15H2,(H,16,17). The minimum atomic E-state index is -0.558. The van der Waals surface area contributed by atoms with E-state index in [4.69, 9.17) is 5.73 Å². The maximum atomic E-state index is 13.4. The van der Waals surface area contributed by atoms with Crippen LogP contribution in [0.5, 0.6) is 0 Å². The van der Waals surface area contributed by atoms with E-state index in [1.165, 1.54) is 18.2 Å². The number of nitrogens with one attached hydrogen (secondary N) is 1. The van der Waals surface area contributed by atoms with E-state index in [1.54, 1.807) is 11.3 Å². The number of halogens is 1. The summed E-state index contributed by atoms with van der Waals surface area (Å²) >= 11 is 1.61. The first kappa shape index (κ1) is 12.6. The van der Waals surface area contributed by atoms with Crippen molar-refractivity contribution in [2.45, 2.75) is 6.42 Å². The van der Waals surface area contributed by atoms with Gasteiger partial charge in [0.1, 0.15) is 5.82 Å². The lowest BCUT2D eigenvalue weighted by Crippen LogP contribution is -2.26. The summed E-state index contributed by atoms with van der Waals surface area (Å²) < 4.78 is 13.4. The molecule has 0 aliphatic rings. The Kier molecular flexibility index (Phi) is 3.94. The molecule has 1 aromatic carbocycles. The van der Waals surface area contributed by atoms with E-state index in [0.717, 1.165) is 12.0 Å². The monoisotopic (exact) mass is 264 g/mol. The lowest BCUT2D eigenvalue weighted by atomic mass is 10.1. The molecule has 2 aromatic rings. The number of nitrogen functional groups attached to an aromatic ring is 1. The molecule has 1 amide bonds. The molecule has 0 radical (unpaired) electrons. The summed E-state index contributed by atoms with van der Waals surface area (Å²) in [7, 11) is 0. The molecule has 3 N–H and O–H groups in total. The van der Waals surface area contributed by atoms with E-state index in [0.29, 0.717) is 12.2 Å². The van der Waals surface area contributed by atoms with Crippen LogP contribution < -0.4 is 11.1 Å². The van der Waals surface area contributed by atoms with Gasteiger partial charge >= 0.3 is 0 Å². The van der Waals surface area contributed by atoms with Crippen LogP contribution in [-0.4, -0.2) is 12.5 Å². The lowest BCUT2D eigenvalue weighted by Gasteiger charge is -2.06. The fourth-order valence-corrected chi connectivity index (χ4v) is 2.27. The van der Waals surface area contributed by atoms with Gasteiger partial charge < -0.3 is 11.1 Å². The van der Waals surface area contributed by atoms with Crippen LogP contribution in [0.15, 0.2) is 35.0 Å². The number of benzene rings is 1. The third kappa shape index (κ3) is 3.07. The second-order valence-electron chi connectivity index (χ2n) is 3.88. The Balaban J connectivity index is 1.93. The summed E-state index contributed by atoms with van der Waals surface area (Å²) in [4.78, 5) is 11.7. The molecule has 94 valence electrons. The van der Waals surface area contributed by atoms with Crippen molar-refractivity contribution in [3.8, 4) is 0 Å². The van der Waals surface area contributed by atoms with Crippen molar-refractivity contribution in [1.29, 1.82) is 0 Å². The molecular weight excluding hydrogens is 251 g/mol. The predicted octanol–water partition coefficient (Wildman–Crippen LogP) is 2.44. The highest BCUT2D eigenvalue weighted by Crippen LogP contribution is 2.12. The fourth-order valence-electron chi connectivity index (χ4n) is 1.57. The van der Waals surface area contributed by atoms with Crippen LogP contribution in [0.25, 0.3) is 0 Å². The molecule has 1 aromatic heterocycles. The van der Waals surface area contributed by atoms with Gasteiger partial charge in [-0.25, -0.2) is 4.39 Å². The number of nitrogens with two attached hydrogens (primary N) is 1. The van der Waals surface area contributed by atoms with Crippen molar-refractivity contribution in [3.05, 3.63) is 52.0 Å². The summed E-state index contributed by atoms with van der Waals surface area (Å²) in [6.45, 7) is 0.476. The van der Waals surface area contributed by atoms with E-state index in [-0.39, 0.29) is 5.56 Å². The summed E-state index contributed by atoms with van der Waals surface area (Å²) in [5.41, 5.74) is 7.05. The van der Waals surface area contributed by atoms with E-state index >= 15 is 0 Å². The average Bonchev–Trinajstić information content (AvgIpc) is 2.85. The van der Waals surface area contributed by atoms with E-state index < -0.39 is 11.7 Å². The molecule has 5 heteroatoms. The normalized spacial score (nSPS) is 10.3. The van der Waals surface area contributed by atoms with Crippen molar-refractivity contribution in [1.82, 2.24) is 5.32 Å². The number of anilines is 1. The van der Waals surface area contributed by atoms with Gasteiger partial charge in [-0.15, -0.1) is 0 Å². The summed E-state index contributed by atoms with van der Waals surface area (Å²) in [5.74, 6) is -0.993. The second-order valence-corrected chi connectivity index (χ2v) is 4.66. The van der Waals surface area contributed by atoms with Gasteiger partial charge in [0.25, 0.3) is 5.91 Å². The highest BCUT2D eigenvalue weighted by Gasteiger charge is 2.11. The van der Waals surface area contributed by atoms with Crippen LogP contribution in [0.2, 0.25) is 0 Å². The first-order valence-electron chi connectivity index (χ1n) is 5.51. The molecular formula is C13H13FN2OS. The lowest BCUT2D eigenvalue weighted by molar-refractivity contribution is 0.0950.